The number of halogens is 3. The largest absolute Gasteiger partial charge is 0.471 e. The highest BCUT2D eigenvalue weighted by Crippen LogP contribution is 2.20. The number of carbonyl (C=O) groups is 3. The lowest BCUT2D eigenvalue weighted by molar-refractivity contribution is -0.173. The fourth-order valence-electron chi connectivity index (χ4n) is 3.14. The summed E-state index contributed by atoms with van der Waals surface area (Å²) in [4.78, 5) is 39.4. The van der Waals surface area contributed by atoms with E-state index in [0.717, 1.165) is 5.56 Å². The van der Waals surface area contributed by atoms with Crippen molar-refractivity contribution in [1.82, 2.24) is 10.2 Å². The molecule has 7 nitrogen and oxygen atoms in total. The minimum absolute atomic E-state index is 0.155. The SMILES string of the molecule is O=C(CNC(=O)C(F)(F)F)c1ccc(CN(C(=O)N2CCOCC2)c2ccccc2)cc1. The van der Waals surface area contributed by atoms with Gasteiger partial charge in [-0.1, -0.05) is 42.5 Å². The molecule has 0 unspecified atom stereocenters. The van der Waals surface area contributed by atoms with Gasteiger partial charge in [-0.05, 0) is 17.7 Å². The first-order valence-corrected chi connectivity index (χ1v) is 9.92. The molecule has 0 atom stereocenters. The monoisotopic (exact) mass is 449 g/mol. The van der Waals surface area contributed by atoms with Crippen LogP contribution in [0.4, 0.5) is 23.7 Å². The third-order valence-electron chi connectivity index (χ3n) is 4.86. The molecule has 0 aliphatic carbocycles. The van der Waals surface area contributed by atoms with Crippen molar-refractivity contribution in [1.29, 1.82) is 0 Å². The van der Waals surface area contributed by atoms with Crippen molar-refractivity contribution in [2.75, 3.05) is 37.7 Å². The van der Waals surface area contributed by atoms with E-state index in [1.54, 1.807) is 27.2 Å². The van der Waals surface area contributed by atoms with Gasteiger partial charge in [-0.3, -0.25) is 14.5 Å². The van der Waals surface area contributed by atoms with Gasteiger partial charge in [0.2, 0.25) is 0 Å². The number of rotatable bonds is 6. The molecule has 10 heteroatoms. The van der Waals surface area contributed by atoms with Crippen molar-refractivity contribution >= 4 is 23.4 Å². The summed E-state index contributed by atoms with van der Waals surface area (Å²) in [5.41, 5.74) is 1.59. The van der Waals surface area contributed by atoms with Gasteiger partial charge in [-0.25, -0.2) is 4.79 Å². The van der Waals surface area contributed by atoms with Crippen LogP contribution in [0.1, 0.15) is 15.9 Å². The first-order valence-electron chi connectivity index (χ1n) is 9.92. The Bertz CT molecular complexity index is 943. The van der Waals surface area contributed by atoms with Crippen LogP contribution in [0.15, 0.2) is 54.6 Å². The molecule has 1 aliphatic rings. The number of nitrogens with one attached hydrogen (secondary N) is 1. The number of morpholine rings is 1. The zero-order valence-corrected chi connectivity index (χ0v) is 17.1. The van der Waals surface area contributed by atoms with Gasteiger partial charge in [-0.2, -0.15) is 13.2 Å². The van der Waals surface area contributed by atoms with Crippen LogP contribution in [0, 0.1) is 0 Å². The highest BCUT2D eigenvalue weighted by molar-refractivity contribution is 5.99. The summed E-state index contributed by atoms with van der Waals surface area (Å²) in [7, 11) is 0. The standard InChI is InChI=1S/C22H22F3N3O4/c23-22(24,25)20(30)26-14-19(29)17-8-6-16(7-9-17)15-28(18-4-2-1-3-5-18)21(31)27-10-12-32-13-11-27/h1-9H,10-15H2,(H,26,30). The average Bonchev–Trinajstić information content (AvgIpc) is 2.81. The second kappa shape index (κ2) is 10.3. The van der Waals surface area contributed by atoms with Crippen LogP contribution in [0.25, 0.3) is 0 Å². The highest BCUT2D eigenvalue weighted by Gasteiger charge is 2.38. The number of ether oxygens (including phenoxy) is 1. The second-order valence-corrected chi connectivity index (χ2v) is 7.10. The number of hydrogen-bond donors (Lipinski definition) is 1. The van der Waals surface area contributed by atoms with Crippen LogP contribution in [0.3, 0.4) is 0 Å². The lowest BCUT2D eigenvalue weighted by atomic mass is 10.1. The van der Waals surface area contributed by atoms with E-state index in [0.29, 0.717) is 32.0 Å². The lowest BCUT2D eigenvalue weighted by Gasteiger charge is -2.33. The zero-order valence-electron chi connectivity index (χ0n) is 17.1. The number of urea groups is 1. The van der Waals surface area contributed by atoms with Gasteiger partial charge in [0, 0.05) is 24.3 Å². The maximum Gasteiger partial charge on any atom is 0.471 e. The van der Waals surface area contributed by atoms with Gasteiger partial charge in [0.25, 0.3) is 0 Å². The molecule has 2 aromatic rings. The molecular weight excluding hydrogens is 427 g/mol. The lowest BCUT2D eigenvalue weighted by Crippen LogP contribution is -2.48. The van der Waals surface area contributed by atoms with E-state index in [-0.39, 0.29) is 18.1 Å². The highest BCUT2D eigenvalue weighted by atomic mass is 19.4. The molecule has 1 fully saturated rings. The van der Waals surface area contributed by atoms with Crippen molar-refractivity contribution in [3.63, 3.8) is 0 Å². The smallest absolute Gasteiger partial charge is 0.378 e. The molecule has 170 valence electrons. The second-order valence-electron chi connectivity index (χ2n) is 7.10. The summed E-state index contributed by atoms with van der Waals surface area (Å²) < 4.78 is 42.1. The Morgan fingerprint density at radius 1 is 0.969 bits per heavy atom. The third kappa shape index (κ3) is 6.07. The van der Waals surface area contributed by atoms with E-state index in [4.69, 9.17) is 4.74 Å². The molecule has 2 aromatic carbocycles. The van der Waals surface area contributed by atoms with Crippen LogP contribution in [-0.2, 0) is 16.1 Å². The van der Waals surface area contributed by atoms with Crippen molar-refractivity contribution < 1.29 is 32.3 Å². The fourth-order valence-corrected chi connectivity index (χ4v) is 3.14. The average molecular weight is 449 g/mol. The molecule has 0 bridgehead atoms. The molecule has 0 saturated carbocycles. The summed E-state index contributed by atoms with van der Waals surface area (Å²) in [6.45, 7) is 1.38. The molecule has 32 heavy (non-hydrogen) atoms. The molecule has 1 heterocycles. The first-order chi connectivity index (χ1) is 15.3. The first kappa shape index (κ1) is 23.3. The Kier molecular flexibility index (Phi) is 7.47. The molecule has 1 saturated heterocycles. The number of para-hydroxylation sites is 1. The summed E-state index contributed by atoms with van der Waals surface area (Å²) in [6.07, 6.45) is -5.04. The maximum atomic E-state index is 13.1. The summed E-state index contributed by atoms with van der Waals surface area (Å²) in [5, 5.41) is 1.56. The number of carbonyl (C=O) groups excluding carboxylic acids is 3. The van der Waals surface area contributed by atoms with E-state index in [9.17, 15) is 27.6 Å². The predicted octanol–water partition coefficient (Wildman–Crippen LogP) is 3.01. The number of benzene rings is 2. The zero-order chi connectivity index (χ0) is 23.1. The van der Waals surface area contributed by atoms with E-state index < -0.39 is 24.4 Å². The Balaban J connectivity index is 1.69. The quantitative estimate of drug-likeness (QED) is 0.688. The number of amides is 3. The fraction of sp³-hybridized carbons (Fsp3) is 0.318. The van der Waals surface area contributed by atoms with Crippen LogP contribution in [-0.4, -0.2) is 61.6 Å². The van der Waals surface area contributed by atoms with Gasteiger partial charge in [0.1, 0.15) is 0 Å². The van der Waals surface area contributed by atoms with E-state index in [1.165, 1.54) is 12.1 Å². The van der Waals surface area contributed by atoms with Crippen LogP contribution in [0.5, 0.6) is 0 Å². The molecule has 1 N–H and O–H groups in total. The minimum Gasteiger partial charge on any atom is -0.378 e. The number of Topliss-reactive ketones (excluding diaryl/α,β-unsaturated/α-hetero) is 1. The summed E-state index contributed by atoms with van der Waals surface area (Å²) >= 11 is 0. The van der Waals surface area contributed by atoms with Crippen molar-refractivity contribution in [2.45, 2.75) is 12.7 Å². The minimum atomic E-state index is -5.04. The molecule has 0 radical (unpaired) electrons. The van der Waals surface area contributed by atoms with Crippen molar-refractivity contribution in [2.24, 2.45) is 0 Å². The third-order valence-corrected chi connectivity index (χ3v) is 4.86. The normalized spacial score (nSPS) is 14.0. The Morgan fingerprint density at radius 3 is 2.19 bits per heavy atom. The van der Waals surface area contributed by atoms with Gasteiger partial charge in [0.05, 0.1) is 26.3 Å². The Hall–Kier alpha value is -3.40. The molecule has 0 spiro atoms. The molecule has 3 rings (SSSR count). The van der Waals surface area contributed by atoms with Crippen LogP contribution >= 0.6 is 0 Å². The topological polar surface area (TPSA) is 79.0 Å². The number of hydrogen-bond acceptors (Lipinski definition) is 4. The maximum absolute atomic E-state index is 13.1. The van der Waals surface area contributed by atoms with Gasteiger partial charge in [0.15, 0.2) is 5.78 Å². The summed E-state index contributed by atoms with van der Waals surface area (Å²) in [5.74, 6) is -2.82. The van der Waals surface area contributed by atoms with Gasteiger partial charge >= 0.3 is 18.1 Å². The van der Waals surface area contributed by atoms with E-state index in [2.05, 4.69) is 0 Å². The number of alkyl halides is 3. The Labute approximate surface area is 182 Å². The molecule has 0 aromatic heterocycles. The van der Waals surface area contributed by atoms with Gasteiger partial charge < -0.3 is 15.0 Å². The predicted molar refractivity (Wildman–Crippen MR) is 110 cm³/mol. The van der Waals surface area contributed by atoms with Crippen molar-refractivity contribution in [3.8, 4) is 0 Å². The number of ketones is 1. The van der Waals surface area contributed by atoms with Gasteiger partial charge in [-0.15, -0.1) is 0 Å². The van der Waals surface area contributed by atoms with E-state index in [1.807, 2.05) is 30.3 Å². The number of anilines is 1. The van der Waals surface area contributed by atoms with Crippen LogP contribution < -0.4 is 10.2 Å². The van der Waals surface area contributed by atoms with Crippen LogP contribution in [0.2, 0.25) is 0 Å². The van der Waals surface area contributed by atoms with E-state index >= 15 is 0 Å². The molecular formula is C22H22F3N3O4. The molecule has 3 amide bonds. The Morgan fingerprint density at radius 2 is 1.59 bits per heavy atom. The number of nitrogens with zero attached hydrogens (tertiary/aromatic N) is 2. The summed E-state index contributed by atoms with van der Waals surface area (Å²) in [6, 6.07) is 15.1. The molecule has 1 aliphatic heterocycles. The van der Waals surface area contributed by atoms with Crippen molar-refractivity contribution in [3.05, 3.63) is 65.7 Å².